The second kappa shape index (κ2) is 6.32. The molecule has 116 valence electrons. The highest BCUT2D eigenvalue weighted by Gasteiger charge is 2.23. The molecule has 2 heterocycles. The smallest absolute Gasteiger partial charge is 0.295 e. The van der Waals surface area contributed by atoms with Crippen LogP contribution in [0.25, 0.3) is 0 Å². The number of imidazole rings is 1. The topological polar surface area (TPSA) is 56.1 Å². The number of aryl methyl sites for hydroxylation is 2. The van der Waals surface area contributed by atoms with Crippen molar-refractivity contribution < 1.29 is 9.63 Å². The van der Waals surface area contributed by atoms with Crippen LogP contribution in [0.1, 0.15) is 46.7 Å². The van der Waals surface area contributed by atoms with Crippen LogP contribution in [0.2, 0.25) is 0 Å². The van der Waals surface area contributed by atoms with Crippen molar-refractivity contribution in [1.29, 1.82) is 0 Å². The van der Waals surface area contributed by atoms with Crippen molar-refractivity contribution in [1.82, 2.24) is 15.0 Å². The number of hydrogen-bond donors (Lipinski definition) is 1. The van der Waals surface area contributed by atoms with E-state index < -0.39 is 0 Å². The summed E-state index contributed by atoms with van der Waals surface area (Å²) in [5.74, 6) is 1.17. The Morgan fingerprint density at radius 3 is 3.14 bits per heavy atom. The summed E-state index contributed by atoms with van der Waals surface area (Å²) in [6, 6.07) is 8.65. The molecule has 0 radical (unpaired) electrons. The number of benzene rings is 1. The molecular weight excluding hydrogens is 278 g/mol. The Bertz CT molecular complexity index is 678. The average Bonchev–Trinajstić information content (AvgIpc) is 2.95. The summed E-state index contributed by atoms with van der Waals surface area (Å²) in [5.41, 5.74) is 5.46. The number of rotatable bonds is 4. The highest BCUT2D eigenvalue weighted by Crippen LogP contribution is 2.29. The summed E-state index contributed by atoms with van der Waals surface area (Å²) in [6.07, 6.45) is 3.78. The van der Waals surface area contributed by atoms with Gasteiger partial charge in [0.05, 0.1) is 6.61 Å². The quantitative estimate of drug-likeness (QED) is 0.883. The van der Waals surface area contributed by atoms with E-state index in [2.05, 4.69) is 46.2 Å². The minimum Gasteiger partial charge on any atom is -0.333 e. The van der Waals surface area contributed by atoms with E-state index >= 15 is 0 Å². The summed E-state index contributed by atoms with van der Waals surface area (Å²) >= 11 is 0. The molecule has 1 aliphatic heterocycles. The molecular formula is C17H21N3O2. The Balaban J connectivity index is 1.76. The van der Waals surface area contributed by atoms with Gasteiger partial charge in [0.25, 0.3) is 5.91 Å². The molecule has 0 saturated carbocycles. The van der Waals surface area contributed by atoms with E-state index in [4.69, 9.17) is 4.84 Å². The lowest BCUT2D eigenvalue weighted by Crippen LogP contribution is -2.23. The Kier molecular flexibility index (Phi) is 4.24. The zero-order valence-corrected chi connectivity index (χ0v) is 13.0. The van der Waals surface area contributed by atoms with Crippen LogP contribution < -0.4 is 5.48 Å². The fourth-order valence-corrected chi connectivity index (χ4v) is 2.94. The minimum absolute atomic E-state index is 0.282. The molecule has 22 heavy (non-hydrogen) atoms. The Hall–Kier alpha value is -2.14. The van der Waals surface area contributed by atoms with Crippen molar-refractivity contribution in [2.24, 2.45) is 0 Å². The number of fused-ring (bicyclic) bond motifs is 1. The third-order valence-electron chi connectivity index (χ3n) is 4.05. The number of aromatic nitrogens is 2. The predicted octanol–water partition coefficient (Wildman–Crippen LogP) is 2.60. The lowest BCUT2D eigenvalue weighted by molar-refractivity contribution is 0.0360. The Labute approximate surface area is 130 Å². The van der Waals surface area contributed by atoms with E-state index in [9.17, 15) is 4.79 Å². The highest BCUT2D eigenvalue weighted by molar-refractivity contribution is 5.91. The summed E-state index contributed by atoms with van der Waals surface area (Å²) < 4.78 is 2.09. The van der Waals surface area contributed by atoms with Crippen molar-refractivity contribution in [2.75, 3.05) is 6.61 Å². The summed E-state index contributed by atoms with van der Waals surface area (Å²) in [5, 5.41) is 0. The van der Waals surface area contributed by atoms with Gasteiger partial charge >= 0.3 is 0 Å². The first-order valence-electron chi connectivity index (χ1n) is 7.72. The van der Waals surface area contributed by atoms with E-state index in [-0.39, 0.29) is 5.91 Å². The largest absolute Gasteiger partial charge is 0.333 e. The summed E-state index contributed by atoms with van der Waals surface area (Å²) in [7, 11) is 0. The number of carbonyl (C=O) groups excluding carboxylic acids is 1. The first-order chi connectivity index (χ1) is 10.7. The molecule has 5 nitrogen and oxygen atoms in total. The van der Waals surface area contributed by atoms with Gasteiger partial charge in [0.15, 0.2) is 0 Å². The van der Waals surface area contributed by atoms with Crippen molar-refractivity contribution in [3.63, 3.8) is 0 Å². The highest BCUT2D eigenvalue weighted by atomic mass is 16.6. The Morgan fingerprint density at radius 1 is 1.50 bits per heavy atom. The monoisotopic (exact) mass is 299 g/mol. The normalized spacial score (nSPS) is 17.1. The van der Waals surface area contributed by atoms with Crippen LogP contribution in [-0.2, 0) is 17.8 Å². The fraction of sp³-hybridized carbons (Fsp3) is 0.412. The maximum atomic E-state index is 11.9. The molecule has 1 amide bonds. The summed E-state index contributed by atoms with van der Waals surface area (Å²) in [6.45, 7) is 5.25. The molecule has 1 N–H and O–H groups in total. The van der Waals surface area contributed by atoms with E-state index in [0.717, 1.165) is 25.2 Å². The van der Waals surface area contributed by atoms with Crippen molar-refractivity contribution >= 4 is 5.91 Å². The number of hydrogen-bond acceptors (Lipinski definition) is 3. The number of hydroxylamine groups is 1. The van der Waals surface area contributed by atoms with Crippen LogP contribution in [-0.4, -0.2) is 22.1 Å². The SMILES string of the molecule is CCONC(=O)c1cn2c(n1)CCC(c1cccc(C)c1)C2. The first kappa shape index (κ1) is 14.8. The molecule has 0 bridgehead atoms. The lowest BCUT2D eigenvalue weighted by atomic mass is 9.91. The number of amides is 1. The standard InChI is InChI=1S/C17H21N3O2/c1-3-22-19-17(21)15-11-20-10-14(7-8-16(20)18-15)13-6-4-5-12(2)9-13/h4-6,9,11,14H,3,7-8,10H2,1-2H3,(H,19,21). The van der Waals surface area contributed by atoms with E-state index in [1.54, 1.807) is 0 Å². The summed E-state index contributed by atoms with van der Waals surface area (Å²) in [4.78, 5) is 21.3. The van der Waals surface area contributed by atoms with Gasteiger partial charge in [0.1, 0.15) is 11.5 Å². The van der Waals surface area contributed by atoms with Crippen LogP contribution in [0.5, 0.6) is 0 Å². The second-order valence-corrected chi connectivity index (χ2v) is 5.71. The molecule has 0 saturated heterocycles. The van der Waals surface area contributed by atoms with Crippen molar-refractivity contribution in [2.45, 2.75) is 39.2 Å². The minimum atomic E-state index is -0.282. The molecule has 2 aromatic rings. The van der Waals surface area contributed by atoms with Gasteiger partial charge in [-0.05, 0) is 25.8 Å². The van der Waals surface area contributed by atoms with Gasteiger partial charge in [-0.3, -0.25) is 9.63 Å². The third-order valence-corrected chi connectivity index (χ3v) is 4.05. The van der Waals surface area contributed by atoms with Gasteiger partial charge in [0.2, 0.25) is 0 Å². The molecule has 1 aliphatic rings. The molecule has 3 rings (SSSR count). The molecule has 0 fully saturated rings. The van der Waals surface area contributed by atoms with Crippen LogP contribution in [0.4, 0.5) is 0 Å². The number of carbonyl (C=O) groups is 1. The zero-order valence-electron chi connectivity index (χ0n) is 13.0. The van der Waals surface area contributed by atoms with E-state index in [0.29, 0.717) is 18.2 Å². The van der Waals surface area contributed by atoms with E-state index in [1.807, 2.05) is 13.1 Å². The van der Waals surface area contributed by atoms with Gasteiger partial charge in [-0.25, -0.2) is 10.5 Å². The molecule has 1 aromatic heterocycles. The predicted molar refractivity (Wildman–Crippen MR) is 83.6 cm³/mol. The van der Waals surface area contributed by atoms with Gasteiger partial charge in [-0.2, -0.15) is 0 Å². The molecule has 1 atom stereocenters. The molecule has 1 aromatic carbocycles. The maximum absolute atomic E-state index is 11.9. The molecule has 5 heteroatoms. The number of nitrogens with one attached hydrogen (secondary N) is 1. The van der Waals surface area contributed by atoms with Crippen molar-refractivity contribution in [3.8, 4) is 0 Å². The maximum Gasteiger partial charge on any atom is 0.295 e. The average molecular weight is 299 g/mol. The van der Waals surface area contributed by atoms with Gasteiger partial charge < -0.3 is 4.57 Å². The fourth-order valence-electron chi connectivity index (χ4n) is 2.94. The second-order valence-electron chi connectivity index (χ2n) is 5.71. The number of nitrogens with zero attached hydrogens (tertiary/aromatic N) is 2. The van der Waals surface area contributed by atoms with E-state index in [1.165, 1.54) is 11.1 Å². The zero-order chi connectivity index (χ0) is 15.5. The third kappa shape index (κ3) is 3.04. The van der Waals surface area contributed by atoms with Crippen LogP contribution in [0, 0.1) is 6.92 Å². The van der Waals surface area contributed by atoms with Gasteiger partial charge in [-0.15, -0.1) is 0 Å². The molecule has 0 spiro atoms. The lowest BCUT2D eigenvalue weighted by Gasteiger charge is -2.24. The Morgan fingerprint density at radius 2 is 2.36 bits per heavy atom. The van der Waals surface area contributed by atoms with Crippen LogP contribution in [0.3, 0.4) is 0 Å². The molecule has 0 aliphatic carbocycles. The van der Waals surface area contributed by atoms with Crippen LogP contribution >= 0.6 is 0 Å². The molecule has 1 unspecified atom stereocenters. The van der Waals surface area contributed by atoms with Gasteiger partial charge in [-0.1, -0.05) is 29.8 Å². The van der Waals surface area contributed by atoms with Crippen molar-refractivity contribution in [3.05, 3.63) is 53.1 Å². The first-order valence-corrected chi connectivity index (χ1v) is 7.72. The van der Waals surface area contributed by atoms with Gasteiger partial charge in [0, 0.05) is 25.1 Å². The van der Waals surface area contributed by atoms with Crippen LogP contribution in [0.15, 0.2) is 30.5 Å².